The maximum atomic E-state index is 10.9. The third kappa shape index (κ3) is 4.08. The molecule has 1 N–H and O–H groups in total. The Morgan fingerprint density at radius 3 is 3.00 bits per heavy atom. The Hall–Kier alpha value is -1.33. The highest BCUT2D eigenvalue weighted by atomic mass is 35.5. The molecule has 0 spiro atoms. The Bertz CT molecular complexity index is 448. The minimum absolute atomic E-state index is 0.0795. The number of nitrogens with zero attached hydrogens (tertiary/aromatic N) is 1. The Kier molecular flexibility index (Phi) is 4.99. The highest BCUT2D eigenvalue weighted by Gasteiger charge is 2.17. The largest absolute Gasteiger partial charge is 0.487 e. The molecule has 0 saturated carbocycles. The quantitative estimate of drug-likeness (QED) is 0.666. The molecule has 1 aliphatic heterocycles. The van der Waals surface area contributed by atoms with Crippen LogP contribution in [0.1, 0.15) is 25.7 Å². The highest BCUT2D eigenvalue weighted by molar-refractivity contribution is 6.30. The van der Waals surface area contributed by atoms with Crippen LogP contribution in [0.25, 0.3) is 0 Å². The van der Waals surface area contributed by atoms with Crippen molar-refractivity contribution >= 4 is 17.3 Å². The van der Waals surface area contributed by atoms with E-state index in [0.717, 1.165) is 19.4 Å². The zero-order valence-electron chi connectivity index (χ0n) is 10.6. The number of rotatable bonds is 5. The van der Waals surface area contributed by atoms with Crippen LogP contribution >= 0.6 is 11.6 Å². The van der Waals surface area contributed by atoms with E-state index < -0.39 is 4.92 Å². The number of hydrogen-bond acceptors (Lipinski definition) is 4. The van der Waals surface area contributed by atoms with Crippen molar-refractivity contribution in [2.45, 2.75) is 31.7 Å². The van der Waals surface area contributed by atoms with Crippen LogP contribution in [0.4, 0.5) is 5.69 Å². The third-order valence-electron chi connectivity index (χ3n) is 3.25. The molecule has 1 heterocycles. The van der Waals surface area contributed by atoms with E-state index in [4.69, 9.17) is 16.3 Å². The van der Waals surface area contributed by atoms with Crippen LogP contribution < -0.4 is 10.1 Å². The Morgan fingerprint density at radius 2 is 2.32 bits per heavy atom. The molecule has 2 rings (SSSR count). The van der Waals surface area contributed by atoms with Gasteiger partial charge in [0.2, 0.25) is 0 Å². The molecule has 0 unspecified atom stereocenters. The maximum absolute atomic E-state index is 10.9. The first-order valence-electron chi connectivity index (χ1n) is 6.47. The molecule has 1 aliphatic rings. The van der Waals surface area contributed by atoms with E-state index in [1.807, 2.05) is 0 Å². The molecule has 1 saturated heterocycles. The summed E-state index contributed by atoms with van der Waals surface area (Å²) in [4.78, 5) is 10.4. The fraction of sp³-hybridized carbons (Fsp3) is 0.538. The van der Waals surface area contributed by atoms with E-state index in [1.54, 1.807) is 12.1 Å². The van der Waals surface area contributed by atoms with Crippen molar-refractivity contribution < 1.29 is 9.66 Å². The van der Waals surface area contributed by atoms with Gasteiger partial charge in [-0.25, -0.2) is 0 Å². The summed E-state index contributed by atoms with van der Waals surface area (Å²) in [6.07, 6.45) is 4.46. The zero-order chi connectivity index (χ0) is 13.7. The van der Waals surface area contributed by atoms with Crippen LogP contribution in [0.2, 0.25) is 5.02 Å². The number of piperidine rings is 1. The molecule has 0 amide bonds. The lowest BCUT2D eigenvalue weighted by Gasteiger charge is -2.23. The minimum atomic E-state index is -0.472. The van der Waals surface area contributed by atoms with E-state index in [0.29, 0.717) is 17.7 Å². The second-order valence-electron chi connectivity index (χ2n) is 4.65. The summed E-state index contributed by atoms with van der Waals surface area (Å²) in [7, 11) is 0. The topological polar surface area (TPSA) is 64.4 Å². The van der Waals surface area contributed by atoms with Crippen molar-refractivity contribution in [3.8, 4) is 5.75 Å². The molecule has 0 bridgehead atoms. The summed E-state index contributed by atoms with van der Waals surface area (Å²) in [5.74, 6) is 0.283. The Balaban J connectivity index is 1.89. The van der Waals surface area contributed by atoms with E-state index in [1.165, 1.54) is 18.9 Å². The number of nitro benzene ring substituents is 1. The second kappa shape index (κ2) is 6.73. The number of nitrogens with one attached hydrogen (secondary N) is 1. The molecular formula is C13H17ClN2O3. The van der Waals surface area contributed by atoms with Crippen molar-refractivity contribution in [3.63, 3.8) is 0 Å². The maximum Gasteiger partial charge on any atom is 0.312 e. The SMILES string of the molecule is O=[N+]([O-])c1cc(Cl)ccc1OCC[C@@H]1CCCCN1. The van der Waals surface area contributed by atoms with Gasteiger partial charge in [-0.2, -0.15) is 0 Å². The monoisotopic (exact) mass is 284 g/mol. The molecular weight excluding hydrogens is 268 g/mol. The number of nitro groups is 1. The number of hydrogen-bond donors (Lipinski definition) is 1. The zero-order valence-corrected chi connectivity index (χ0v) is 11.4. The van der Waals surface area contributed by atoms with Gasteiger partial charge < -0.3 is 10.1 Å². The summed E-state index contributed by atoms with van der Waals surface area (Å²) in [5.41, 5.74) is -0.0795. The number of benzene rings is 1. The van der Waals surface area contributed by atoms with Crippen molar-refractivity contribution in [2.24, 2.45) is 0 Å². The number of ether oxygens (including phenoxy) is 1. The summed E-state index contributed by atoms with van der Waals surface area (Å²) >= 11 is 5.75. The smallest absolute Gasteiger partial charge is 0.312 e. The van der Waals surface area contributed by atoms with E-state index in [9.17, 15) is 10.1 Å². The lowest BCUT2D eigenvalue weighted by Crippen LogP contribution is -2.35. The van der Waals surface area contributed by atoms with Crippen LogP contribution in [-0.4, -0.2) is 24.1 Å². The summed E-state index contributed by atoms with van der Waals surface area (Å²) in [6, 6.07) is 4.92. The van der Waals surface area contributed by atoms with Crippen LogP contribution in [-0.2, 0) is 0 Å². The average Bonchev–Trinajstić information content (AvgIpc) is 2.41. The van der Waals surface area contributed by atoms with Gasteiger partial charge in [0.25, 0.3) is 0 Å². The lowest BCUT2D eigenvalue weighted by molar-refractivity contribution is -0.385. The predicted octanol–water partition coefficient (Wildman–Crippen LogP) is 3.16. The van der Waals surface area contributed by atoms with Crippen molar-refractivity contribution in [1.29, 1.82) is 0 Å². The van der Waals surface area contributed by atoms with Gasteiger partial charge in [0.15, 0.2) is 5.75 Å². The molecule has 0 aliphatic carbocycles. The summed E-state index contributed by atoms with van der Waals surface area (Å²) in [6.45, 7) is 1.52. The van der Waals surface area contributed by atoms with Gasteiger partial charge >= 0.3 is 5.69 Å². The molecule has 1 aromatic carbocycles. The molecule has 6 heteroatoms. The van der Waals surface area contributed by atoms with Gasteiger partial charge in [0, 0.05) is 17.1 Å². The molecule has 1 atom stereocenters. The fourth-order valence-electron chi connectivity index (χ4n) is 2.24. The lowest BCUT2D eigenvalue weighted by atomic mass is 10.0. The fourth-order valence-corrected chi connectivity index (χ4v) is 2.40. The van der Waals surface area contributed by atoms with E-state index in [2.05, 4.69) is 5.32 Å². The first kappa shape index (κ1) is 14.1. The normalized spacial score (nSPS) is 19.1. The van der Waals surface area contributed by atoms with Crippen LogP contribution in [0.3, 0.4) is 0 Å². The molecule has 19 heavy (non-hydrogen) atoms. The first-order chi connectivity index (χ1) is 9.16. The minimum Gasteiger partial charge on any atom is -0.487 e. The Morgan fingerprint density at radius 1 is 1.47 bits per heavy atom. The summed E-state index contributed by atoms with van der Waals surface area (Å²) in [5, 5.41) is 14.7. The summed E-state index contributed by atoms with van der Waals surface area (Å²) < 4.78 is 5.52. The highest BCUT2D eigenvalue weighted by Crippen LogP contribution is 2.30. The average molecular weight is 285 g/mol. The van der Waals surface area contributed by atoms with Crippen molar-refractivity contribution in [1.82, 2.24) is 5.32 Å². The van der Waals surface area contributed by atoms with E-state index in [-0.39, 0.29) is 11.4 Å². The van der Waals surface area contributed by atoms with Gasteiger partial charge in [0.1, 0.15) is 0 Å². The van der Waals surface area contributed by atoms with Crippen molar-refractivity contribution in [3.05, 3.63) is 33.3 Å². The van der Waals surface area contributed by atoms with Gasteiger partial charge in [-0.1, -0.05) is 18.0 Å². The van der Waals surface area contributed by atoms with Crippen LogP contribution in [0.15, 0.2) is 18.2 Å². The molecule has 104 valence electrons. The molecule has 1 fully saturated rings. The molecule has 0 radical (unpaired) electrons. The van der Waals surface area contributed by atoms with Gasteiger partial charge in [-0.05, 0) is 37.9 Å². The van der Waals surface area contributed by atoms with Crippen molar-refractivity contribution in [2.75, 3.05) is 13.2 Å². The standard InChI is InChI=1S/C13H17ClN2O3/c14-10-4-5-13(12(9-10)16(17)18)19-8-6-11-3-1-2-7-15-11/h4-5,9,11,15H,1-3,6-8H2/t11-/m0/s1. The number of halogens is 1. The third-order valence-corrected chi connectivity index (χ3v) is 3.49. The predicted molar refractivity (Wildman–Crippen MR) is 73.9 cm³/mol. The van der Waals surface area contributed by atoms with Crippen LogP contribution in [0.5, 0.6) is 5.75 Å². The molecule has 5 nitrogen and oxygen atoms in total. The second-order valence-corrected chi connectivity index (χ2v) is 5.09. The van der Waals surface area contributed by atoms with Crippen LogP contribution in [0, 0.1) is 10.1 Å². The Labute approximate surface area is 117 Å². The van der Waals surface area contributed by atoms with Gasteiger partial charge in [0.05, 0.1) is 11.5 Å². The van der Waals surface area contributed by atoms with Gasteiger partial charge in [-0.3, -0.25) is 10.1 Å². The molecule has 1 aromatic rings. The first-order valence-corrected chi connectivity index (χ1v) is 6.85. The van der Waals surface area contributed by atoms with Gasteiger partial charge in [-0.15, -0.1) is 0 Å². The van der Waals surface area contributed by atoms with E-state index >= 15 is 0 Å². The molecule has 0 aromatic heterocycles.